The average Bonchev–Trinajstić information content (AvgIpc) is 3.20. The SMILES string of the molecule is CCCc1ncc(-c2cc(C)no2)c([C@@H]2CCCCN2C(=O)c2ccccc2F)n1. The third-order valence-corrected chi connectivity index (χ3v) is 5.42. The molecule has 0 saturated carbocycles. The van der Waals surface area contributed by atoms with E-state index in [1.165, 1.54) is 12.1 Å². The molecule has 0 N–H and O–H groups in total. The molecule has 1 aromatic carbocycles. The van der Waals surface area contributed by atoms with Crippen LogP contribution in [0.5, 0.6) is 0 Å². The fourth-order valence-electron chi connectivity index (χ4n) is 3.96. The van der Waals surface area contributed by atoms with Gasteiger partial charge in [-0.15, -0.1) is 0 Å². The Bertz CT molecular complexity index is 1050. The molecule has 1 atom stereocenters. The summed E-state index contributed by atoms with van der Waals surface area (Å²) in [4.78, 5) is 24.3. The molecule has 156 valence electrons. The molecule has 7 heteroatoms. The van der Waals surface area contributed by atoms with Crippen LogP contribution in [0.15, 0.2) is 41.1 Å². The first kappa shape index (κ1) is 20.2. The highest BCUT2D eigenvalue weighted by Crippen LogP contribution is 2.37. The van der Waals surface area contributed by atoms with E-state index in [0.717, 1.165) is 54.9 Å². The first-order valence-corrected chi connectivity index (χ1v) is 10.4. The molecule has 2 aromatic heterocycles. The molecule has 6 nitrogen and oxygen atoms in total. The zero-order valence-electron chi connectivity index (χ0n) is 17.3. The van der Waals surface area contributed by atoms with Crippen molar-refractivity contribution in [3.63, 3.8) is 0 Å². The van der Waals surface area contributed by atoms with Crippen molar-refractivity contribution in [1.82, 2.24) is 20.0 Å². The number of aromatic nitrogens is 3. The summed E-state index contributed by atoms with van der Waals surface area (Å²) in [6.07, 6.45) is 6.02. The Kier molecular flexibility index (Phi) is 5.88. The van der Waals surface area contributed by atoms with Crippen LogP contribution in [0.3, 0.4) is 0 Å². The number of likely N-dealkylation sites (tertiary alicyclic amines) is 1. The van der Waals surface area contributed by atoms with Gasteiger partial charge in [-0.3, -0.25) is 4.79 Å². The van der Waals surface area contributed by atoms with E-state index >= 15 is 0 Å². The van der Waals surface area contributed by atoms with E-state index in [9.17, 15) is 9.18 Å². The van der Waals surface area contributed by atoms with Gasteiger partial charge in [0, 0.05) is 25.2 Å². The molecular weight excluding hydrogens is 383 g/mol. The van der Waals surface area contributed by atoms with E-state index < -0.39 is 5.82 Å². The summed E-state index contributed by atoms with van der Waals surface area (Å²) in [5, 5.41) is 3.99. The molecule has 0 spiro atoms. The van der Waals surface area contributed by atoms with Crippen molar-refractivity contribution in [2.45, 2.75) is 52.0 Å². The molecule has 0 unspecified atom stereocenters. The molecule has 1 amide bonds. The summed E-state index contributed by atoms with van der Waals surface area (Å²) >= 11 is 0. The molecule has 1 aliphatic rings. The summed E-state index contributed by atoms with van der Waals surface area (Å²) in [6.45, 7) is 4.48. The molecule has 4 rings (SSSR count). The molecule has 0 aliphatic carbocycles. The van der Waals surface area contributed by atoms with E-state index in [4.69, 9.17) is 9.51 Å². The van der Waals surface area contributed by atoms with Gasteiger partial charge < -0.3 is 9.42 Å². The lowest BCUT2D eigenvalue weighted by atomic mass is 9.94. The summed E-state index contributed by atoms with van der Waals surface area (Å²) in [7, 11) is 0. The Labute approximate surface area is 175 Å². The third-order valence-electron chi connectivity index (χ3n) is 5.42. The fraction of sp³-hybridized carbons (Fsp3) is 0.391. The smallest absolute Gasteiger partial charge is 0.257 e. The van der Waals surface area contributed by atoms with Crippen LogP contribution in [-0.2, 0) is 6.42 Å². The maximum absolute atomic E-state index is 14.3. The molecule has 1 fully saturated rings. The van der Waals surface area contributed by atoms with Crippen LogP contribution >= 0.6 is 0 Å². The number of aryl methyl sites for hydroxylation is 2. The van der Waals surface area contributed by atoms with Crippen LogP contribution in [0.2, 0.25) is 0 Å². The van der Waals surface area contributed by atoms with Crippen molar-refractivity contribution in [1.29, 1.82) is 0 Å². The zero-order chi connectivity index (χ0) is 21.1. The van der Waals surface area contributed by atoms with Gasteiger partial charge in [-0.05, 0) is 44.7 Å². The lowest BCUT2D eigenvalue weighted by Gasteiger charge is -2.36. The standard InChI is InChI=1S/C23H25FN4O2/c1-3-8-21-25-14-17(20-13-15(2)27-30-20)22(26-21)19-11-6-7-12-28(19)23(29)16-9-4-5-10-18(16)24/h4-5,9-10,13-14,19H,3,6-8,11-12H2,1-2H3/t19-/m0/s1. The van der Waals surface area contributed by atoms with Gasteiger partial charge in [-0.2, -0.15) is 0 Å². The van der Waals surface area contributed by atoms with Crippen LogP contribution in [0.25, 0.3) is 11.3 Å². The Balaban J connectivity index is 1.78. The van der Waals surface area contributed by atoms with Gasteiger partial charge in [0.15, 0.2) is 5.76 Å². The number of carbonyl (C=O) groups is 1. The molecule has 1 saturated heterocycles. The monoisotopic (exact) mass is 408 g/mol. The van der Waals surface area contributed by atoms with Gasteiger partial charge in [-0.1, -0.05) is 24.2 Å². The van der Waals surface area contributed by atoms with Gasteiger partial charge in [0.1, 0.15) is 11.6 Å². The Morgan fingerprint density at radius 2 is 2.13 bits per heavy atom. The summed E-state index contributed by atoms with van der Waals surface area (Å²) in [6, 6.07) is 7.69. The lowest BCUT2D eigenvalue weighted by molar-refractivity contribution is 0.0601. The van der Waals surface area contributed by atoms with E-state index in [2.05, 4.69) is 17.1 Å². The summed E-state index contributed by atoms with van der Waals surface area (Å²) in [5.41, 5.74) is 2.32. The predicted molar refractivity (Wildman–Crippen MR) is 110 cm³/mol. The first-order chi connectivity index (χ1) is 14.6. The van der Waals surface area contributed by atoms with Crippen molar-refractivity contribution in [3.05, 3.63) is 65.1 Å². The van der Waals surface area contributed by atoms with Crippen LogP contribution in [0, 0.1) is 12.7 Å². The third kappa shape index (κ3) is 3.97. The second-order valence-electron chi connectivity index (χ2n) is 7.66. The van der Waals surface area contributed by atoms with Crippen molar-refractivity contribution < 1.29 is 13.7 Å². The molecular formula is C23H25FN4O2. The maximum atomic E-state index is 14.3. The van der Waals surface area contributed by atoms with Crippen LogP contribution in [0.4, 0.5) is 4.39 Å². The minimum absolute atomic E-state index is 0.0873. The van der Waals surface area contributed by atoms with Crippen molar-refractivity contribution >= 4 is 5.91 Å². The van der Waals surface area contributed by atoms with Crippen LogP contribution < -0.4 is 0 Å². The van der Waals surface area contributed by atoms with Gasteiger partial charge in [0.25, 0.3) is 5.91 Å². The molecule has 1 aliphatic heterocycles. The second kappa shape index (κ2) is 8.73. The van der Waals surface area contributed by atoms with E-state index in [1.807, 2.05) is 13.0 Å². The lowest BCUT2D eigenvalue weighted by Crippen LogP contribution is -2.39. The van der Waals surface area contributed by atoms with Crippen LogP contribution in [0.1, 0.15) is 66.2 Å². The molecule has 30 heavy (non-hydrogen) atoms. The first-order valence-electron chi connectivity index (χ1n) is 10.4. The topological polar surface area (TPSA) is 72.1 Å². The minimum Gasteiger partial charge on any atom is -0.356 e. The number of hydrogen-bond acceptors (Lipinski definition) is 5. The number of carbonyl (C=O) groups excluding carboxylic acids is 1. The maximum Gasteiger partial charge on any atom is 0.257 e. The van der Waals surface area contributed by atoms with Crippen molar-refractivity contribution in [3.8, 4) is 11.3 Å². The highest BCUT2D eigenvalue weighted by molar-refractivity contribution is 5.95. The molecule has 0 radical (unpaired) electrons. The number of piperidine rings is 1. The normalized spacial score (nSPS) is 16.6. The largest absolute Gasteiger partial charge is 0.356 e. The Morgan fingerprint density at radius 1 is 1.30 bits per heavy atom. The van der Waals surface area contributed by atoms with Gasteiger partial charge >= 0.3 is 0 Å². The fourth-order valence-corrected chi connectivity index (χ4v) is 3.96. The quantitative estimate of drug-likeness (QED) is 0.600. The van der Waals surface area contributed by atoms with Gasteiger partial charge in [0.05, 0.1) is 28.6 Å². The predicted octanol–water partition coefficient (Wildman–Crippen LogP) is 4.90. The van der Waals surface area contributed by atoms with Crippen LogP contribution in [-0.4, -0.2) is 32.5 Å². The Morgan fingerprint density at radius 3 is 2.87 bits per heavy atom. The molecule has 3 heterocycles. The van der Waals surface area contributed by atoms with Crippen molar-refractivity contribution in [2.24, 2.45) is 0 Å². The van der Waals surface area contributed by atoms with E-state index in [-0.39, 0.29) is 17.5 Å². The number of hydrogen-bond donors (Lipinski definition) is 0. The number of amides is 1. The zero-order valence-corrected chi connectivity index (χ0v) is 17.3. The van der Waals surface area contributed by atoms with Crippen molar-refractivity contribution in [2.75, 3.05) is 6.54 Å². The summed E-state index contributed by atoms with van der Waals surface area (Å²) < 4.78 is 19.8. The van der Waals surface area contributed by atoms with Gasteiger partial charge in [-0.25, -0.2) is 14.4 Å². The number of nitrogens with zero attached hydrogens (tertiary/aromatic N) is 4. The van der Waals surface area contributed by atoms with E-state index in [1.54, 1.807) is 23.2 Å². The number of rotatable bonds is 5. The average molecular weight is 408 g/mol. The van der Waals surface area contributed by atoms with Gasteiger partial charge in [0.2, 0.25) is 0 Å². The summed E-state index contributed by atoms with van der Waals surface area (Å²) in [5.74, 6) is 0.492. The van der Waals surface area contributed by atoms with E-state index in [0.29, 0.717) is 12.3 Å². The highest BCUT2D eigenvalue weighted by Gasteiger charge is 2.33. The number of halogens is 1. The number of benzene rings is 1. The minimum atomic E-state index is -0.507. The Hall–Kier alpha value is -3.09. The molecule has 3 aromatic rings. The second-order valence-corrected chi connectivity index (χ2v) is 7.66. The highest BCUT2D eigenvalue weighted by atomic mass is 19.1. The molecule has 0 bridgehead atoms.